The average molecular weight is 298 g/mol. The number of fused-ring (bicyclic) bond motifs is 3. The maximum atomic E-state index is 4.15. The van der Waals surface area contributed by atoms with E-state index < -0.39 is 0 Å². The van der Waals surface area contributed by atoms with E-state index in [1.54, 1.807) is 12.4 Å². The molecule has 0 spiro atoms. The summed E-state index contributed by atoms with van der Waals surface area (Å²) in [5, 5.41) is 2.37. The van der Waals surface area contributed by atoms with Gasteiger partial charge in [-0.15, -0.1) is 0 Å². The van der Waals surface area contributed by atoms with Crippen LogP contribution >= 0.6 is 0 Å². The van der Waals surface area contributed by atoms with E-state index in [1.807, 2.05) is 27.9 Å². The minimum absolute atomic E-state index is 1.03. The second kappa shape index (κ2) is 4.58. The summed E-state index contributed by atoms with van der Waals surface area (Å²) in [5.74, 6) is 0. The number of nitrogens with zero attached hydrogens (tertiary/aromatic N) is 4. The average Bonchev–Trinajstić information content (AvgIpc) is 3.33. The van der Waals surface area contributed by atoms with E-state index in [0.29, 0.717) is 0 Å². The number of hydrogen-bond acceptors (Lipinski definition) is 2. The summed E-state index contributed by atoms with van der Waals surface area (Å²) in [5.41, 5.74) is 4.28. The van der Waals surface area contributed by atoms with Crippen molar-refractivity contribution in [3.05, 3.63) is 73.8 Å². The van der Waals surface area contributed by atoms with Crippen LogP contribution in [-0.2, 0) is 0 Å². The Labute approximate surface area is 131 Å². The fraction of sp³-hybridized carbons (Fsp3) is 0. The third-order valence-electron chi connectivity index (χ3n) is 4.12. The van der Waals surface area contributed by atoms with Crippen LogP contribution in [0.2, 0.25) is 0 Å². The number of aromatic amines is 1. The fourth-order valence-corrected chi connectivity index (χ4v) is 3.10. The van der Waals surface area contributed by atoms with Crippen molar-refractivity contribution in [3.8, 4) is 11.4 Å². The molecule has 0 aliphatic carbocycles. The molecule has 5 aromatic rings. The first-order valence-corrected chi connectivity index (χ1v) is 7.35. The molecular formula is C18H12N5-. The topological polar surface area (TPSA) is 51.4 Å². The lowest BCUT2D eigenvalue weighted by molar-refractivity contribution is 1.05. The third kappa shape index (κ3) is 1.73. The van der Waals surface area contributed by atoms with E-state index in [-0.39, 0.29) is 0 Å². The summed E-state index contributed by atoms with van der Waals surface area (Å²) in [4.78, 5) is 11.8. The standard InChI is InChI=1S/C18H12N5/c1-3-13-14-4-2-6-16(23-10-8-20-12-23)18(14)21-17(13)15(5-1)22-9-7-19-11-22/h1-11,21H/q-1. The maximum Gasteiger partial charge on any atom is 0.0992 e. The predicted octanol–water partition coefficient (Wildman–Crippen LogP) is 3.49. The maximum absolute atomic E-state index is 4.15. The van der Waals surface area contributed by atoms with Crippen molar-refractivity contribution < 1.29 is 0 Å². The minimum Gasteiger partial charge on any atom is -0.432 e. The van der Waals surface area contributed by atoms with E-state index in [1.165, 1.54) is 10.8 Å². The molecule has 3 aromatic heterocycles. The highest BCUT2D eigenvalue weighted by Crippen LogP contribution is 2.32. The lowest BCUT2D eigenvalue weighted by Gasteiger charge is -2.10. The quantitative estimate of drug-likeness (QED) is 0.507. The highest BCUT2D eigenvalue weighted by atomic mass is 15.1. The molecule has 0 bridgehead atoms. The number of hydrogen-bond donors (Lipinski definition) is 1. The number of rotatable bonds is 2. The molecule has 2 aromatic carbocycles. The zero-order chi connectivity index (χ0) is 15.2. The van der Waals surface area contributed by atoms with Gasteiger partial charge in [0, 0.05) is 29.6 Å². The van der Waals surface area contributed by atoms with Crippen molar-refractivity contribution in [3.63, 3.8) is 0 Å². The van der Waals surface area contributed by atoms with Crippen LogP contribution in [0.25, 0.3) is 33.2 Å². The number of aromatic nitrogens is 5. The van der Waals surface area contributed by atoms with E-state index in [0.717, 1.165) is 22.4 Å². The van der Waals surface area contributed by atoms with Gasteiger partial charge in [-0.2, -0.15) is 0 Å². The van der Waals surface area contributed by atoms with Crippen molar-refractivity contribution in [2.75, 3.05) is 0 Å². The van der Waals surface area contributed by atoms with E-state index >= 15 is 0 Å². The fourth-order valence-electron chi connectivity index (χ4n) is 3.10. The van der Waals surface area contributed by atoms with Crippen molar-refractivity contribution in [2.24, 2.45) is 0 Å². The Morgan fingerprint density at radius 2 is 1.65 bits per heavy atom. The summed E-state index contributed by atoms with van der Waals surface area (Å²) in [7, 11) is 0. The molecule has 0 aliphatic heterocycles. The van der Waals surface area contributed by atoms with Crippen molar-refractivity contribution >= 4 is 21.8 Å². The molecule has 0 atom stereocenters. The highest BCUT2D eigenvalue weighted by molar-refractivity contribution is 6.12. The van der Waals surface area contributed by atoms with Crippen LogP contribution in [-0.4, -0.2) is 24.1 Å². The Morgan fingerprint density at radius 3 is 2.35 bits per heavy atom. The van der Waals surface area contributed by atoms with Gasteiger partial charge >= 0.3 is 0 Å². The number of imidazole rings is 2. The van der Waals surface area contributed by atoms with Gasteiger partial charge in [0.25, 0.3) is 0 Å². The van der Waals surface area contributed by atoms with Gasteiger partial charge in [0.15, 0.2) is 0 Å². The van der Waals surface area contributed by atoms with Gasteiger partial charge in [0.05, 0.1) is 17.5 Å². The number of benzene rings is 2. The van der Waals surface area contributed by atoms with Crippen LogP contribution in [0.15, 0.2) is 67.5 Å². The first kappa shape index (κ1) is 12.2. The molecule has 0 amide bonds. The lowest BCUT2D eigenvalue weighted by Crippen LogP contribution is -1.92. The first-order valence-electron chi connectivity index (χ1n) is 7.35. The molecule has 5 nitrogen and oxygen atoms in total. The number of H-pyrrole nitrogens is 1. The Kier molecular flexibility index (Phi) is 2.43. The minimum atomic E-state index is 1.03. The summed E-state index contributed by atoms with van der Waals surface area (Å²) in [6.07, 6.45) is 12.1. The summed E-state index contributed by atoms with van der Waals surface area (Å²) in [6, 6.07) is 12.5. The Morgan fingerprint density at radius 1 is 0.870 bits per heavy atom. The zero-order valence-corrected chi connectivity index (χ0v) is 12.1. The van der Waals surface area contributed by atoms with Crippen molar-refractivity contribution in [1.29, 1.82) is 0 Å². The number of nitrogens with one attached hydrogen (secondary N) is 1. The molecule has 0 saturated heterocycles. The predicted molar refractivity (Wildman–Crippen MR) is 88.9 cm³/mol. The third-order valence-corrected chi connectivity index (χ3v) is 4.12. The van der Waals surface area contributed by atoms with Gasteiger partial charge in [-0.1, -0.05) is 42.7 Å². The Balaban J connectivity index is 1.89. The van der Waals surface area contributed by atoms with E-state index in [9.17, 15) is 0 Å². The highest BCUT2D eigenvalue weighted by Gasteiger charge is 2.10. The SMILES string of the molecule is [c-]1nccn1-c1cccc2c1[nH]c1c(-n3ccnc3)cccc12. The van der Waals surface area contributed by atoms with Crippen LogP contribution in [0.1, 0.15) is 0 Å². The van der Waals surface area contributed by atoms with Crippen LogP contribution in [0.3, 0.4) is 0 Å². The molecule has 23 heavy (non-hydrogen) atoms. The molecule has 3 heterocycles. The second-order valence-corrected chi connectivity index (χ2v) is 5.39. The molecule has 1 N–H and O–H groups in total. The van der Waals surface area contributed by atoms with E-state index in [4.69, 9.17) is 0 Å². The van der Waals surface area contributed by atoms with Crippen molar-refractivity contribution in [1.82, 2.24) is 24.1 Å². The molecule has 110 valence electrons. The molecule has 0 unspecified atom stereocenters. The summed E-state index contributed by atoms with van der Waals surface area (Å²) < 4.78 is 3.91. The molecule has 0 fully saturated rings. The van der Waals surface area contributed by atoms with Gasteiger partial charge in [-0.05, 0) is 17.1 Å². The van der Waals surface area contributed by atoms with Gasteiger partial charge in [-0.25, -0.2) is 4.98 Å². The second-order valence-electron chi connectivity index (χ2n) is 5.39. The normalized spacial score (nSPS) is 11.5. The van der Waals surface area contributed by atoms with Crippen LogP contribution in [0, 0.1) is 6.33 Å². The summed E-state index contributed by atoms with van der Waals surface area (Å²) in [6.45, 7) is 0. The first-order chi connectivity index (χ1) is 11.4. The lowest BCUT2D eigenvalue weighted by atomic mass is 10.1. The van der Waals surface area contributed by atoms with Crippen LogP contribution in [0.5, 0.6) is 0 Å². The van der Waals surface area contributed by atoms with Crippen molar-refractivity contribution in [2.45, 2.75) is 0 Å². The summed E-state index contributed by atoms with van der Waals surface area (Å²) >= 11 is 0. The smallest absolute Gasteiger partial charge is 0.0992 e. The van der Waals surface area contributed by atoms with Gasteiger partial charge in [0.2, 0.25) is 0 Å². The van der Waals surface area contributed by atoms with Gasteiger partial charge in [0.1, 0.15) is 0 Å². The molecule has 5 heteroatoms. The van der Waals surface area contributed by atoms with E-state index in [2.05, 4.69) is 57.7 Å². The largest absolute Gasteiger partial charge is 0.432 e. The molecule has 0 saturated carbocycles. The van der Waals surface area contributed by atoms with Crippen LogP contribution in [0.4, 0.5) is 0 Å². The zero-order valence-electron chi connectivity index (χ0n) is 12.1. The van der Waals surface area contributed by atoms with Crippen LogP contribution < -0.4 is 0 Å². The Hall–Kier alpha value is -3.34. The number of para-hydroxylation sites is 2. The molecule has 5 rings (SSSR count). The molecule has 0 radical (unpaired) electrons. The molecule has 0 aliphatic rings. The van der Waals surface area contributed by atoms with Gasteiger partial charge in [-0.3, -0.25) is 0 Å². The molecular weight excluding hydrogens is 286 g/mol. The Bertz CT molecular complexity index is 1010. The monoisotopic (exact) mass is 298 g/mol. The van der Waals surface area contributed by atoms with Gasteiger partial charge < -0.3 is 19.1 Å².